The number of rotatable bonds is 5. The number of hydrogen-bond acceptors (Lipinski definition) is 6. The molecular weight excluding hydrogens is 246 g/mol. The molecule has 19 heavy (non-hydrogen) atoms. The summed E-state index contributed by atoms with van der Waals surface area (Å²) in [6, 6.07) is 0. The number of ether oxygens (including phenoxy) is 2. The maximum Gasteiger partial charge on any atom is 0.232 e. The zero-order chi connectivity index (χ0) is 14.0. The summed E-state index contributed by atoms with van der Waals surface area (Å²) in [5, 5.41) is 4.00. The summed E-state index contributed by atoms with van der Waals surface area (Å²) in [7, 11) is 0. The minimum absolute atomic E-state index is 0.115. The van der Waals surface area contributed by atoms with Crippen LogP contribution in [-0.4, -0.2) is 35.6 Å². The van der Waals surface area contributed by atoms with E-state index >= 15 is 0 Å². The van der Waals surface area contributed by atoms with Gasteiger partial charge in [-0.25, -0.2) is 0 Å². The molecule has 0 spiro atoms. The highest BCUT2D eigenvalue weighted by Crippen LogP contribution is 2.30. The van der Waals surface area contributed by atoms with Gasteiger partial charge in [-0.05, 0) is 34.1 Å². The van der Waals surface area contributed by atoms with Crippen LogP contribution in [0, 0.1) is 0 Å². The van der Waals surface area contributed by atoms with E-state index < -0.39 is 5.54 Å². The molecule has 1 aromatic heterocycles. The van der Waals surface area contributed by atoms with Gasteiger partial charge in [-0.3, -0.25) is 0 Å². The molecule has 0 aliphatic carbocycles. The van der Waals surface area contributed by atoms with Crippen LogP contribution < -0.4 is 5.73 Å². The van der Waals surface area contributed by atoms with E-state index in [4.69, 9.17) is 19.7 Å². The molecule has 1 aliphatic heterocycles. The molecule has 6 nitrogen and oxygen atoms in total. The third-order valence-corrected chi connectivity index (χ3v) is 3.36. The van der Waals surface area contributed by atoms with Crippen molar-refractivity contribution in [2.24, 2.45) is 5.73 Å². The minimum atomic E-state index is -0.741. The highest BCUT2D eigenvalue weighted by molar-refractivity contribution is 5.06. The summed E-state index contributed by atoms with van der Waals surface area (Å²) in [6.45, 7) is 8.90. The van der Waals surface area contributed by atoms with Crippen LogP contribution in [0.1, 0.15) is 51.7 Å². The van der Waals surface area contributed by atoms with Crippen LogP contribution in [0.3, 0.4) is 0 Å². The van der Waals surface area contributed by atoms with Crippen molar-refractivity contribution in [3.8, 4) is 0 Å². The molecule has 6 heteroatoms. The molecule has 1 saturated heterocycles. The monoisotopic (exact) mass is 269 g/mol. The number of nitrogens with zero attached hydrogens (tertiary/aromatic N) is 2. The van der Waals surface area contributed by atoms with Crippen LogP contribution in [0.4, 0.5) is 0 Å². The molecular formula is C13H23N3O3. The molecule has 108 valence electrons. The number of hydrogen-bond donors (Lipinski definition) is 1. The Kier molecular flexibility index (Phi) is 4.23. The Labute approximate surface area is 113 Å². The van der Waals surface area contributed by atoms with Crippen molar-refractivity contribution in [2.75, 3.05) is 13.2 Å². The summed E-state index contributed by atoms with van der Waals surface area (Å²) >= 11 is 0. The van der Waals surface area contributed by atoms with Crippen LogP contribution in [0.2, 0.25) is 0 Å². The predicted octanol–water partition coefficient (Wildman–Crippen LogP) is 1.56. The summed E-state index contributed by atoms with van der Waals surface area (Å²) in [4.78, 5) is 4.43. The van der Waals surface area contributed by atoms with E-state index in [0.717, 1.165) is 13.0 Å². The van der Waals surface area contributed by atoms with Crippen LogP contribution in [0.15, 0.2) is 4.52 Å². The van der Waals surface area contributed by atoms with E-state index in [2.05, 4.69) is 10.1 Å². The van der Waals surface area contributed by atoms with Crippen LogP contribution >= 0.6 is 0 Å². The normalized spacial score (nSPS) is 26.8. The van der Waals surface area contributed by atoms with E-state index in [1.54, 1.807) is 0 Å². The Balaban J connectivity index is 2.07. The van der Waals surface area contributed by atoms with Crippen LogP contribution in [0.5, 0.6) is 0 Å². The quantitative estimate of drug-likeness (QED) is 0.873. The molecule has 2 N–H and O–H groups in total. The lowest BCUT2D eigenvalue weighted by Crippen LogP contribution is -2.40. The molecule has 2 heterocycles. The van der Waals surface area contributed by atoms with E-state index in [1.165, 1.54) is 0 Å². The lowest BCUT2D eigenvalue weighted by atomic mass is 10.0. The number of nitrogens with two attached hydrogens (primary N) is 1. The van der Waals surface area contributed by atoms with Crippen molar-refractivity contribution in [1.82, 2.24) is 10.1 Å². The largest absolute Gasteiger partial charge is 0.378 e. The Morgan fingerprint density at radius 3 is 2.84 bits per heavy atom. The molecule has 0 aromatic carbocycles. The van der Waals surface area contributed by atoms with Gasteiger partial charge in [0.25, 0.3) is 0 Å². The summed E-state index contributed by atoms with van der Waals surface area (Å²) in [5.74, 6) is 1.27. The second-order valence-corrected chi connectivity index (χ2v) is 5.70. The maximum atomic E-state index is 6.19. The van der Waals surface area contributed by atoms with E-state index in [9.17, 15) is 0 Å². The predicted molar refractivity (Wildman–Crippen MR) is 69.7 cm³/mol. The Morgan fingerprint density at radius 1 is 1.53 bits per heavy atom. The number of aromatic nitrogens is 2. The first-order valence-electron chi connectivity index (χ1n) is 6.76. The van der Waals surface area contributed by atoms with Crippen molar-refractivity contribution in [2.45, 2.75) is 57.8 Å². The maximum absolute atomic E-state index is 6.19. The highest BCUT2D eigenvalue weighted by Gasteiger charge is 2.34. The average Bonchev–Trinajstić information content (AvgIpc) is 2.94. The molecule has 2 rings (SSSR count). The second kappa shape index (κ2) is 5.56. The molecule has 1 aliphatic rings. The van der Waals surface area contributed by atoms with Crippen LogP contribution in [-0.2, 0) is 15.0 Å². The van der Waals surface area contributed by atoms with Crippen molar-refractivity contribution in [3.63, 3.8) is 0 Å². The highest BCUT2D eigenvalue weighted by atomic mass is 16.5. The van der Waals surface area contributed by atoms with Crippen molar-refractivity contribution >= 4 is 0 Å². The molecule has 3 unspecified atom stereocenters. The van der Waals surface area contributed by atoms with Gasteiger partial charge in [-0.15, -0.1) is 0 Å². The molecule has 0 amide bonds. The molecule has 3 atom stereocenters. The van der Waals surface area contributed by atoms with E-state index in [-0.39, 0.29) is 18.1 Å². The topological polar surface area (TPSA) is 83.4 Å². The molecule has 0 bridgehead atoms. The van der Waals surface area contributed by atoms with Gasteiger partial charge in [0.15, 0.2) is 5.82 Å². The smallest absolute Gasteiger partial charge is 0.232 e. The first-order chi connectivity index (χ1) is 8.90. The van der Waals surface area contributed by atoms with Gasteiger partial charge >= 0.3 is 0 Å². The fraction of sp³-hybridized carbons (Fsp3) is 0.846. The molecule has 1 fully saturated rings. The van der Waals surface area contributed by atoms with E-state index in [1.807, 2.05) is 27.7 Å². The summed E-state index contributed by atoms with van der Waals surface area (Å²) in [5.41, 5.74) is 5.45. The standard InChI is InChI=1S/C13H23N3O3/c1-8(2)18-7-13(4,14)12-15-11(19-16-12)10-5-6-17-9(10)3/h8-10H,5-7,14H2,1-4H3. The van der Waals surface area contributed by atoms with Gasteiger partial charge in [0, 0.05) is 6.61 Å². The van der Waals surface area contributed by atoms with Crippen molar-refractivity contribution < 1.29 is 14.0 Å². The fourth-order valence-corrected chi connectivity index (χ4v) is 2.08. The molecule has 1 aromatic rings. The van der Waals surface area contributed by atoms with Crippen molar-refractivity contribution in [3.05, 3.63) is 11.7 Å². The minimum Gasteiger partial charge on any atom is -0.378 e. The zero-order valence-electron chi connectivity index (χ0n) is 12.0. The summed E-state index contributed by atoms with van der Waals surface area (Å²) < 4.78 is 16.4. The molecule has 0 radical (unpaired) electrons. The van der Waals surface area contributed by atoms with Gasteiger partial charge in [0.05, 0.1) is 24.7 Å². The van der Waals surface area contributed by atoms with Gasteiger partial charge in [0.1, 0.15) is 5.54 Å². The lowest BCUT2D eigenvalue weighted by molar-refractivity contribution is 0.0410. The third-order valence-electron chi connectivity index (χ3n) is 3.36. The van der Waals surface area contributed by atoms with Gasteiger partial charge in [0.2, 0.25) is 5.89 Å². The summed E-state index contributed by atoms with van der Waals surface area (Å²) in [6.07, 6.45) is 1.15. The Hall–Kier alpha value is -0.980. The van der Waals surface area contributed by atoms with Crippen LogP contribution in [0.25, 0.3) is 0 Å². The molecule has 0 saturated carbocycles. The SMILES string of the molecule is CC(C)OCC(C)(N)c1noc(C2CCOC2C)n1. The third kappa shape index (κ3) is 3.32. The Bertz CT molecular complexity index is 417. The first kappa shape index (κ1) is 14.4. The van der Waals surface area contributed by atoms with Gasteiger partial charge in [-0.1, -0.05) is 5.16 Å². The fourth-order valence-electron chi connectivity index (χ4n) is 2.08. The lowest BCUT2D eigenvalue weighted by Gasteiger charge is -2.21. The van der Waals surface area contributed by atoms with Gasteiger partial charge in [-0.2, -0.15) is 4.98 Å². The van der Waals surface area contributed by atoms with Gasteiger partial charge < -0.3 is 19.7 Å². The van der Waals surface area contributed by atoms with E-state index in [0.29, 0.717) is 18.3 Å². The Morgan fingerprint density at radius 2 is 2.26 bits per heavy atom. The zero-order valence-corrected chi connectivity index (χ0v) is 12.0. The average molecular weight is 269 g/mol. The second-order valence-electron chi connectivity index (χ2n) is 5.70. The van der Waals surface area contributed by atoms with Crippen molar-refractivity contribution in [1.29, 1.82) is 0 Å². The first-order valence-corrected chi connectivity index (χ1v) is 6.76.